The molecule has 0 saturated carbocycles. The van der Waals surface area contributed by atoms with E-state index in [1.54, 1.807) is 20.8 Å². The van der Waals surface area contributed by atoms with Gasteiger partial charge < -0.3 is 4.90 Å². The summed E-state index contributed by atoms with van der Waals surface area (Å²) in [5.41, 5.74) is 1.07. The number of unbranched alkanes of at least 4 members (excludes halogenated alkanes) is 1. The Morgan fingerprint density at radius 3 is 2.71 bits per heavy atom. The van der Waals surface area contributed by atoms with Gasteiger partial charge in [0.1, 0.15) is 4.83 Å². The van der Waals surface area contributed by atoms with Crippen LogP contribution in [0.4, 0.5) is 0 Å². The zero-order valence-electron chi connectivity index (χ0n) is 14.6. The molecule has 5 nitrogen and oxygen atoms in total. The SMILES string of the molecule is CCCCn1c(SC2CCN(C)C2=O)nc2sc(C)c(C)c2c1=O. The number of hydrogen-bond acceptors (Lipinski definition) is 5. The number of fused-ring (bicyclic) bond motifs is 1. The molecule has 2 aromatic rings. The topological polar surface area (TPSA) is 55.2 Å². The Balaban J connectivity index is 2.07. The minimum atomic E-state index is -0.130. The van der Waals surface area contributed by atoms with Gasteiger partial charge in [0, 0.05) is 25.0 Å². The highest BCUT2D eigenvalue weighted by Gasteiger charge is 2.31. The monoisotopic (exact) mass is 365 g/mol. The van der Waals surface area contributed by atoms with Crippen LogP contribution >= 0.6 is 23.1 Å². The van der Waals surface area contributed by atoms with E-state index in [0.717, 1.165) is 46.5 Å². The van der Waals surface area contributed by atoms with E-state index in [0.29, 0.717) is 11.7 Å². The van der Waals surface area contributed by atoms with Crippen LogP contribution < -0.4 is 5.56 Å². The van der Waals surface area contributed by atoms with E-state index in [-0.39, 0.29) is 16.7 Å². The van der Waals surface area contributed by atoms with E-state index >= 15 is 0 Å². The first-order valence-corrected chi connectivity index (χ1v) is 10.1. The van der Waals surface area contributed by atoms with Crippen LogP contribution in [0.15, 0.2) is 9.95 Å². The Labute approximate surface area is 150 Å². The summed E-state index contributed by atoms with van der Waals surface area (Å²) in [4.78, 5) is 33.7. The van der Waals surface area contributed by atoms with Crippen molar-refractivity contribution >= 4 is 39.2 Å². The third-order valence-electron chi connectivity index (χ3n) is 4.62. The molecule has 2 aromatic heterocycles. The molecule has 130 valence electrons. The van der Waals surface area contributed by atoms with Crippen molar-refractivity contribution in [3.63, 3.8) is 0 Å². The number of amides is 1. The molecule has 24 heavy (non-hydrogen) atoms. The molecule has 0 bridgehead atoms. The minimum Gasteiger partial charge on any atom is -0.345 e. The van der Waals surface area contributed by atoms with Crippen LogP contribution in [0.1, 0.15) is 36.6 Å². The quantitative estimate of drug-likeness (QED) is 0.764. The first-order valence-electron chi connectivity index (χ1n) is 8.36. The standard InChI is InChI=1S/C17H23N3O2S2/c1-5-6-8-20-16(22)13-10(2)11(3)23-14(13)18-17(20)24-12-7-9-19(4)15(12)21/h12H,5-9H2,1-4H3. The first kappa shape index (κ1) is 17.5. The lowest BCUT2D eigenvalue weighted by Crippen LogP contribution is -2.27. The molecule has 1 saturated heterocycles. The van der Waals surface area contributed by atoms with Gasteiger partial charge in [0.2, 0.25) is 5.91 Å². The molecule has 1 fully saturated rings. The summed E-state index contributed by atoms with van der Waals surface area (Å²) in [5.74, 6) is 0.134. The second-order valence-electron chi connectivity index (χ2n) is 6.32. The number of hydrogen-bond donors (Lipinski definition) is 0. The molecular formula is C17H23N3O2S2. The van der Waals surface area contributed by atoms with Crippen molar-refractivity contribution in [3.8, 4) is 0 Å². The van der Waals surface area contributed by atoms with Gasteiger partial charge in [-0.2, -0.15) is 0 Å². The third kappa shape index (κ3) is 2.99. The summed E-state index contributed by atoms with van der Waals surface area (Å²) in [5, 5.41) is 1.30. The molecule has 3 rings (SSSR count). The maximum absolute atomic E-state index is 13.0. The molecule has 1 aliphatic rings. The first-order chi connectivity index (χ1) is 11.4. The second kappa shape index (κ2) is 6.88. The number of rotatable bonds is 5. The van der Waals surface area contributed by atoms with E-state index in [1.807, 2.05) is 20.9 Å². The zero-order chi connectivity index (χ0) is 17.4. The van der Waals surface area contributed by atoms with Gasteiger partial charge in [-0.1, -0.05) is 25.1 Å². The van der Waals surface area contributed by atoms with Crippen molar-refractivity contribution in [2.24, 2.45) is 0 Å². The second-order valence-corrected chi connectivity index (χ2v) is 8.70. The van der Waals surface area contributed by atoms with Gasteiger partial charge in [0.05, 0.1) is 10.6 Å². The number of aromatic nitrogens is 2. The summed E-state index contributed by atoms with van der Waals surface area (Å²) in [6.45, 7) is 7.56. The van der Waals surface area contributed by atoms with E-state index < -0.39 is 0 Å². The maximum atomic E-state index is 13.0. The molecule has 1 unspecified atom stereocenters. The van der Waals surface area contributed by atoms with Crippen molar-refractivity contribution < 1.29 is 4.79 Å². The number of carbonyl (C=O) groups is 1. The number of thiophene rings is 1. The predicted molar refractivity (Wildman–Crippen MR) is 100 cm³/mol. The molecule has 0 aromatic carbocycles. The van der Waals surface area contributed by atoms with Crippen LogP contribution in [0, 0.1) is 13.8 Å². The average molecular weight is 366 g/mol. The maximum Gasteiger partial charge on any atom is 0.263 e. The van der Waals surface area contributed by atoms with E-state index in [2.05, 4.69) is 6.92 Å². The fourth-order valence-corrected chi connectivity index (χ4v) is 5.22. The van der Waals surface area contributed by atoms with Crippen molar-refractivity contribution in [2.75, 3.05) is 13.6 Å². The van der Waals surface area contributed by atoms with Crippen LogP contribution in [0.25, 0.3) is 10.2 Å². The fourth-order valence-electron chi connectivity index (χ4n) is 2.94. The number of carbonyl (C=O) groups excluding carboxylic acids is 1. The number of thioether (sulfide) groups is 1. The molecule has 7 heteroatoms. The van der Waals surface area contributed by atoms with Gasteiger partial charge >= 0.3 is 0 Å². The zero-order valence-corrected chi connectivity index (χ0v) is 16.2. The van der Waals surface area contributed by atoms with Crippen LogP contribution in [-0.4, -0.2) is 39.2 Å². The van der Waals surface area contributed by atoms with Crippen molar-refractivity contribution in [2.45, 2.75) is 57.0 Å². The van der Waals surface area contributed by atoms with Crippen LogP contribution in [0.5, 0.6) is 0 Å². The smallest absolute Gasteiger partial charge is 0.263 e. The summed E-state index contributed by atoms with van der Waals surface area (Å²) in [6, 6.07) is 0. The number of aryl methyl sites for hydroxylation is 2. The van der Waals surface area contributed by atoms with Gasteiger partial charge in [-0.3, -0.25) is 14.2 Å². The lowest BCUT2D eigenvalue weighted by atomic mass is 10.2. The Kier molecular flexibility index (Phi) is 5.01. The number of nitrogens with zero attached hydrogens (tertiary/aromatic N) is 3. The Morgan fingerprint density at radius 1 is 1.33 bits per heavy atom. The van der Waals surface area contributed by atoms with Crippen molar-refractivity contribution in [1.82, 2.24) is 14.5 Å². The molecule has 1 atom stereocenters. The lowest BCUT2D eigenvalue weighted by molar-refractivity contribution is -0.126. The molecule has 0 aliphatic carbocycles. The Morgan fingerprint density at radius 2 is 2.08 bits per heavy atom. The highest BCUT2D eigenvalue weighted by atomic mass is 32.2. The lowest BCUT2D eigenvalue weighted by Gasteiger charge is -2.14. The van der Waals surface area contributed by atoms with Gasteiger partial charge in [-0.25, -0.2) is 4.98 Å². The molecule has 1 amide bonds. The normalized spacial score (nSPS) is 18.1. The molecule has 1 aliphatic heterocycles. The highest BCUT2D eigenvalue weighted by Crippen LogP contribution is 2.32. The number of likely N-dealkylation sites (tertiary alicyclic amines) is 1. The van der Waals surface area contributed by atoms with Crippen molar-refractivity contribution in [3.05, 3.63) is 20.8 Å². The average Bonchev–Trinajstić information content (AvgIpc) is 3.01. The van der Waals surface area contributed by atoms with Gasteiger partial charge in [-0.05, 0) is 32.3 Å². The van der Waals surface area contributed by atoms with Crippen LogP contribution in [0.2, 0.25) is 0 Å². The predicted octanol–water partition coefficient (Wildman–Crippen LogP) is 3.20. The van der Waals surface area contributed by atoms with Gasteiger partial charge in [-0.15, -0.1) is 11.3 Å². The Hall–Kier alpha value is -1.34. The van der Waals surface area contributed by atoms with Crippen LogP contribution in [-0.2, 0) is 11.3 Å². The van der Waals surface area contributed by atoms with Crippen LogP contribution in [0.3, 0.4) is 0 Å². The molecule has 0 radical (unpaired) electrons. The fraction of sp³-hybridized carbons (Fsp3) is 0.588. The molecular weight excluding hydrogens is 342 g/mol. The molecule has 3 heterocycles. The minimum absolute atomic E-state index is 0.0385. The van der Waals surface area contributed by atoms with E-state index in [9.17, 15) is 9.59 Å². The summed E-state index contributed by atoms with van der Waals surface area (Å²) in [7, 11) is 1.83. The summed E-state index contributed by atoms with van der Waals surface area (Å²) in [6.07, 6.45) is 2.76. The van der Waals surface area contributed by atoms with E-state index in [1.165, 1.54) is 11.8 Å². The highest BCUT2D eigenvalue weighted by molar-refractivity contribution is 8.00. The van der Waals surface area contributed by atoms with Crippen molar-refractivity contribution in [1.29, 1.82) is 0 Å². The summed E-state index contributed by atoms with van der Waals surface area (Å²) >= 11 is 3.02. The molecule has 0 spiro atoms. The third-order valence-corrected chi connectivity index (χ3v) is 6.96. The summed E-state index contributed by atoms with van der Waals surface area (Å²) < 4.78 is 1.78. The largest absolute Gasteiger partial charge is 0.345 e. The van der Waals surface area contributed by atoms with E-state index in [4.69, 9.17) is 4.98 Å². The van der Waals surface area contributed by atoms with Gasteiger partial charge in [0.25, 0.3) is 5.56 Å². The molecule has 0 N–H and O–H groups in total. The Bertz CT molecular complexity index is 840. The van der Waals surface area contributed by atoms with Gasteiger partial charge in [0.15, 0.2) is 5.16 Å².